The highest BCUT2D eigenvalue weighted by molar-refractivity contribution is 5.33. The van der Waals surface area contributed by atoms with Gasteiger partial charge in [-0.25, -0.2) is 0 Å². The Morgan fingerprint density at radius 1 is 1.09 bits per heavy atom. The molecule has 4 aliphatic carbocycles. The molecule has 0 aliphatic heterocycles. The molecule has 2 N–H and O–H groups in total. The Bertz CT molecular complexity index is 546. The normalized spacial score (nSPS) is 56.9. The zero-order valence-electron chi connectivity index (χ0n) is 14.2. The molecule has 0 spiro atoms. The molecule has 0 radical (unpaired) electrons. The second-order valence-electron chi connectivity index (χ2n) is 9.02. The lowest BCUT2D eigenvalue weighted by Crippen LogP contribution is -2.53. The Hall–Kier alpha value is -0.600. The summed E-state index contributed by atoms with van der Waals surface area (Å²) in [6.45, 7) is 6.78. The van der Waals surface area contributed by atoms with Crippen LogP contribution < -0.4 is 0 Å². The fraction of sp³-hybridized carbons (Fsp3) is 0.800. The monoisotopic (exact) mass is 302 g/mol. The minimum Gasteiger partial charge on any atom is -0.390 e. The van der Waals surface area contributed by atoms with E-state index in [0.29, 0.717) is 17.8 Å². The number of hydrogen-bond donors (Lipinski definition) is 2. The predicted molar refractivity (Wildman–Crippen MR) is 88.2 cm³/mol. The highest BCUT2D eigenvalue weighted by atomic mass is 16.3. The van der Waals surface area contributed by atoms with Gasteiger partial charge in [-0.05, 0) is 68.6 Å². The first-order chi connectivity index (χ1) is 10.3. The van der Waals surface area contributed by atoms with Crippen molar-refractivity contribution < 1.29 is 10.2 Å². The summed E-state index contributed by atoms with van der Waals surface area (Å²) in [4.78, 5) is 0. The van der Waals surface area contributed by atoms with Crippen LogP contribution in [0.1, 0.15) is 59.3 Å². The summed E-state index contributed by atoms with van der Waals surface area (Å²) in [7, 11) is 0. The van der Waals surface area contributed by atoms with E-state index in [9.17, 15) is 10.2 Å². The van der Waals surface area contributed by atoms with Crippen molar-refractivity contribution >= 4 is 0 Å². The number of rotatable bonds is 0. The quantitative estimate of drug-likeness (QED) is 0.668. The Labute approximate surface area is 134 Å². The first-order valence-corrected chi connectivity index (χ1v) is 9.07. The number of aliphatic hydroxyl groups excluding tert-OH is 1. The third-order valence-electron chi connectivity index (χ3n) is 8.19. The van der Waals surface area contributed by atoms with E-state index in [-0.39, 0.29) is 16.9 Å². The van der Waals surface area contributed by atoms with Crippen LogP contribution in [0, 0.1) is 28.6 Å². The number of allylic oxidation sites excluding steroid dienone is 2. The Kier molecular flexibility index (Phi) is 3.05. The van der Waals surface area contributed by atoms with Crippen LogP contribution in [0.2, 0.25) is 0 Å². The molecular weight excluding hydrogens is 272 g/mol. The van der Waals surface area contributed by atoms with Gasteiger partial charge in [0.1, 0.15) is 0 Å². The number of fused-ring (bicyclic) bond motifs is 5. The number of hydrogen-bond acceptors (Lipinski definition) is 2. The van der Waals surface area contributed by atoms with E-state index in [2.05, 4.69) is 32.9 Å². The van der Waals surface area contributed by atoms with Gasteiger partial charge in [-0.1, -0.05) is 37.6 Å². The molecule has 4 rings (SSSR count). The van der Waals surface area contributed by atoms with Gasteiger partial charge in [0.05, 0.1) is 11.7 Å². The zero-order chi connectivity index (χ0) is 15.8. The molecule has 2 saturated carbocycles. The topological polar surface area (TPSA) is 40.5 Å². The van der Waals surface area contributed by atoms with Gasteiger partial charge in [-0.2, -0.15) is 0 Å². The average Bonchev–Trinajstić information content (AvgIpc) is 2.70. The Morgan fingerprint density at radius 3 is 2.59 bits per heavy atom. The molecule has 2 heteroatoms. The molecule has 0 heterocycles. The predicted octanol–water partition coefficient (Wildman–Crippen LogP) is 3.84. The lowest BCUT2D eigenvalue weighted by Gasteiger charge is -2.57. The summed E-state index contributed by atoms with van der Waals surface area (Å²) in [5, 5.41) is 20.9. The van der Waals surface area contributed by atoms with E-state index in [1.165, 1.54) is 18.4 Å². The molecule has 22 heavy (non-hydrogen) atoms. The maximum atomic E-state index is 10.9. The Morgan fingerprint density at radius 2 is 1.82 bits per heavy atom. The van der Waals surface area contributed by atoms with E-state index < -0.39 is 5.60 Å². The molecule has 0 aromatic carbocycles. The summed E-state index contributed by atoms with van der Waals surface area (Å²) in [5.74, 6) is 2.03. The summed E-state index contributed by atoms with van der Waals surface area (Å²) < 4.78 is 0. The van der Waals surface area contributed by atoms with E-state index in [1.54, 1.807) is 0 Å². The highest BCUT2D eigenvalue weighted by Gasteiger charge is 2.61. The lowest BCUT2D eigenvalue weighted by molar-refractivity contribution is -0.107. The second-order valence-corrected chi connectivity index (χ2v) is 9.02. The van der Waals surface area contributed by atoms with E-state index in [4.69, 9.17) is 0 Å². The molecule has 2 nitrogen and oxygen atoms in total. The maximum absolute atomic E-state index is 10.9. The van der Waals surface area contributed by atoms with Crippen molar-refractivity contribution in [2.45, 2.75) is 71.0 Å². The van der Waals surface area contributed by atoms with Crippen LogP contribution >= 0.6 is 0 Å². The smallest absolute Gasteiger partial charge is 0.0758 e. The molecule has 2 fully saturated rings. The molecule has 0 bridgehead atoms. The fourth-order valence-corrected chi connectivity index (χ4v) is 6.48. The van der Waals surface area contributed by atoms with E-state index >= 15 is 0 Å². The van der Waals surface area contributed by atoms with Crippen molar-refractivity contribution in [1.29, 1.82) is 0 Å². The molecule has 7 atom stereocenters. The van der Waals surface area contributed by atoms with Gasteiger partial charge < -0.3 is 10.2 Å². The van der Waals surface area contributed by atoms with Crippen molar-refractivity contribution in [2.24, 2.45) is 28.6 Å². The van der Waals surface area contributed by atoms with Crippen LogP contribution in [0.3, 0.4) is 0 Å². The van der Waals surface area contributed by atoms with Crippen LogP contribution in [0.15, 0.2) is 23.8 Å². The molecule has 6 unspecified atom stereocenters. The van der Waals surface area contributed by atoms with Crippen LogP contribution in [-0.2, 0) is 0 Å². The van der Waals surface area contributed by atoms with Crippen molar-refractivity contribution in [3.05, 3.63) is 23.8 Å². The summed E-state index contributed by atoms with van der Waals surface area (Å²) in [6, 6.07) is 0. The molecule has 0 amide bonds. The minimum absolute atomic E-state index is 0.0910. The molecule has 0 aromatic heterocycles. The SMILES string of the molecule is CC12C=CC(O)CC1=CCC1C2CCC2(C)C1CC[C@]2(C)O. The standard InChI is InChI=1S/C20H30O2/c1-18-9-6-14(21)12-13(18)4-5-15-16(18)7-10-19(2)17(15)8-11-20(19,3)22/h4,6,9,14-17,21-22H,5,7-8,10-12H2,1-3H3/t14?,15?,16?,17?,18?,19?,20-/m0/s1. The zero-order valence-corrected chi connectivity index (χ0v) is 14.2. The van der Waals surface area contributed by atoms with Crippen molar-refractivity contribution in [2.75, 3.05) is 0 Å². The van der Waals surface area contributed by atoms with Crippen molar-refractivity contribution in [3.63, 3.8) is 0 Å². The minimum atomic E-state index is -0.494. The molecular formula is C20H30O2. The van der Waals surface area contributed by atoms with E-state index in [0.717, 1.165) is 25.7 Å². The van der Waals surface area contributed by atoms with Gasteiger partial charge in [-0.15, -0.1) is 0 Å². The molecule has 0 aromatic rings. The average molecular weight is 302 g/mol. The van der Waals surface area contributed by atoms with Crippen LogP contribution in [0.25, 0.3) is 0 Å². The summed E-state index contributed by atoms with van der Waals surface area (Å²) >= 11 is 0. The van der Waals surface area contributed by atoms with E-state index in [1.807, 2.05) is 6.08 Å². The van der Waals surface area contributed by atoms with Gasteiger partial charge in [0.15, 0.2) is 0 Å². The Balaban J connectivity index is 1.72. The van der Waals surface area contributed by atoms with Gasteiger partial charge in [0.25, 0.3) is 0 Å². The first kappa shape index (κ1) is 15.0. The number of aliphatic hydroxyl groups is 2. The molecule has 0 saturated heterocycles. The largest absolute Gasteiger partial charge is 0.390 e. The van der Waals surface area contributed by atoms with Crippen molar-refractivity contribution in [3.8, 4) is 0 Å². The van der Waals surface area contributed by atoms with Crippen molar-refractivity contribution in [1.82, 2.24) is 0 Å². The van der Waals surface area contributed by atoms with Gasteiger partial charge in [0, 0.05) is 5.41 Å². The third-order valence-corrected chi connectivity index (χ3v) is 8.19. The maximum Gasteiger partial charge on any atom is 0.0758 e. The lowest BCUT2D eigenvalue weighted by atomic mass is 9.48. The third kappa shape index (κ3) is 1.74. The van der Waals surface area contributed by atoms with Gasteiger partial charge in [0.2, 0.25) is 0 Å². The molecule has 4 aliphatic rings. The fourth-order valence-electron chi connectivity index (χ4n) is 6.48. The highest BCUT2D eigenvalue weighted by Crippen LogP contribution is 2.66. The van der Waals surface area contributed by atoms with Crippen LogP contribution in [0.4, 0.5) is 0 Å². The first-order valence-electron chi connectivity index (χ1n) is 9.07. The van der Waals surface area contributed by atoms with Crippen LogP contribution in [-0.4, -0.2) is 21.9 Å². The van der Waals surface area contributed by atoms with Gasteiger partial charge >= 0.3 is 0 Å². The van der Waals surface area contributed by atoms with Crippen LogP contribution in [0.5, 0.6) is 0 Å². The summed E-state index contributed by atoms with van der Waals surface area (Å²) in [6.07, 6.45) is 12.9. The molecule has 122 valence electrons. The van der Waals surface area contributed by atoms with Gasteiger partial charge in [-0.3, -0.25) is 0 Å². The second kappa shape index (κ2) is 4.48. The summed E-state index contributed by atoms with van der Waals surface area (Å²) in [5.41, 5.74) is 1.19.